The fraction of sp³-hybridized carbons (Fsp3) is 0.552. The van der Waals surface area contributed by atoms with E-state index < -0.39 is 17.7 Å². The molecule has 9 heteroatoms. The minimum absolute atomic E-state index is 0.00144. The van der Waals surface area contributed by atoms with E-state index in [0.29, 0.717) is 36.5 Å². The first-order valence-corrected chi connectivity index (χ1v) is 13.4. The third-order valence-electron chi connectivity index (χ3n) is 8.67. The zero-order valence-electron chi connectivity index (χ0n) is 21.2. The summed E-state index contributed by atoms with van der Waals surface area (Å²) in [6.45, 7) is 2.84. The highest BCUT2D eigenvalue weighted by Gasteiger charge is 2.41. The number of carbonyl (C=O) groups is 1. The number of aliphatic carboxylic acids is 1. The second kappa shape index (κ2) is 9.75. The monoisotopic (exact) mass is 531 g/mol. The van der Waals surface area contributed by atoms with Gasteiger partial charge in [0, 0.05) is 43.8 Å². The summed E-state index contributed by atoms with van der Waals surface area (Å²) in [4.78, 5) is 13.3. The summed E-state index contributed by atoms with van der Waals surface area (Å²) in [5.74, 6) is 0.0995. The minimum atomic E-state index is -4.42. The Kier molecular flexibility index (Phi) is 6.54. The van der Waals surface area contributed by atoms with Gasteiger partial charge in [0.1, 0.15) is 17.6 Å². The fourth-order valence-electron chi connectivity index (χ4n) is 6.67. The first kappa shape index (κ1) is 25.5. The fourth-order valence-corrected chi connectivity index (χ4v) is 6.67. The van der Waals surface area contributed by atoms with Crippen LogP contribution in [0.4, 0.5) is 13.2 Å². The maximum atomic E-state index is 14.1. The van der Waals surface area contributed by atoms with Crippen LogP contribution in [0.2, 0.25) is 0 Å². The van der Waals surface area contributed by atoms with Crippen LogP contribution in [-0.2, 0) is 28.7 Å². The molecular weight excluding hydrogens is 499 g/mol. The standard InChI is InChI=1S/C29H32F3NO5/c30-29(31,32)24-6-4-22-21(23(24)16-33-11-9-28(10-12-33)8-1-13-37-28)5-7-25(22)38-19-2-3-20-18(14-27(34)35)17-36-26(20)15-19/h2-4,6,15,18,25H,1,5,7-14,16-17H2,(H,34,35)/t18?,25-/m1/s1. The van der Waals surface area contributed by atoms with E-state index in [1.807, 2.05) is 6.07 Å². The van der Waals surface area contributed by atoms with Gasteiger partial charge in [-0.25, -0.2) is 0 Å². The third kappa shape index (κ3) is 4.86. The van der Waals surface area contributed by atoms with E-state index in [1.54, 1.807) is 18.2 Å². The molecule has 2 fully saturated rings. The Hall–Kier alpha value is -2.78. The third-order valence-corrected chi connectivity index (χ3v) is 8.67. The second-order valence-corrected chi connectivity index (χ2v) is 11.0. The van der Waals surface area contributed by atoms with Gasteiger partial charge in [0.2, 0.25) is 0 Å². The summed E-state index contributed by atoms with van der Waals surface area (Å²) in [5, 5.41) is 9.12. The average molecular weight is 532 g/mol. The predicted molar refractivity (Wildman–Crippen MR) is 132 cm³/mol. The lowest BCUT2D eigenvalue weighted by Gasteiger charge is -2.39. The number of likely N-dealkylation sites (tertiary alicyclic amines) is 1. The number of piperidine rings is 1. The van der Waals surface area contributed by atoms with Crippen molar-refractivity contribution >= 4 is 5.97 Å². The number of nitrogens with zero attached hydrogens (tertiary/aromatic N) is 1. The maximum Gasteiger partial charge on any atom is 0.416 e. The molecule has 2 saturated heterocycles. The SMILES string of the molecule is O=C(O)CC1COc2cc(O[C@@H]3CCc4c3ccc(C(F)(F)F)c4CN3CCC4(CCCO4)CC3)ccc21. The van der Waals surface area contributed by atoms with Crippen LogP contribution in [0.1, 0.15) is 78.4 Å². The molecule has 38 heavy (non-hydrogen) atoms. The van der Waals surface area contributed by atoms with Crippen molar-refractivity contribution in [3.05, 3.63) is 58.1 Å². The number of carboxylic acids is 1. The van der Waals surface area contributed by atoms with Gasteiger partial charge in [-0.1, -0.05) is 12.1 Å². The van der Waals surface area contributed by atoms with Gasteiger partial charge in [0.15, 0.2) is 0 Å². The Morgan fingerprint density at radius 3 is 2.63 bits per heavy atom. The highest BCUT2D eigenvalue weighted by atomic mass is 19.4. The molecule has 6 nitrogen and oxygen atoms in total. The van der Waals surface area contributed by atoms with Gasteiger partial charge in [-0.05, 0) is 67.3 Å². The van der Waals surface area contributed by atoms with E-state index in [0.717, 1.165) is 62.1 Å². The normalized spacial score (nSPS) is 24.3. The van der Waals surface area contributed by atoms with Crippen molar-refractivity contribution in [1.29, 1.82) is 0 Å². The number of hydrogen-bond acceptors (Lipinski definition) is 5. The summed E-state index contributed by atoms with van der Waals surface area (Å²) < 4.78 is 60.2. The molecule has 1 N–H and O–H groups in total. The first-order chi connectivity index (χ1) is 18.2. The van der Waals surface area contributed by atoms with Crippen LogP contribution in [0.15, 0.2) is 30.3 Å². The van der Waals surface area contributed by atoms with Crippen LogP contribution in [-0.4, -0.2) is 47.9 Å². The van der Waals surface area contributed by atoms with Crippen molar-refractivity contribution in [2.45, 2.75) is 75.3 Å². The molecule has 2 atom stereocenters. The predicted octanol–water partition coefficient (Wildman–Crippen LogP) is 5.87. The van der Waals surface area contributed by atoms with Crippen LogP contribution in [0.3, 0.4) is 0 Å². The molecule has 1 spiro atoms. The molecular formula is C29H32F3NO5. The number of benzene rings is 2. The molecule has 3 aliphatic heterocycles. The molecule has 0 bridgehead atoms. The van der Waals surface area contributed by atoms with Gasteiger partial charge in [-0.15, -0.1) is 0 Å². The maximum absolute atomic E-state index is 14.1. The van der Waals surface area contributed by atoms with Crippen LogP contribution < -0.4 is 9.47 Å². The van der Waals surface area contributed by atoms with Crippen molar-refractivity contribution in [2.75, 3.05) is 26.3 Å². The van der Waals surface area contributed by atoms with Crippen molar-refractivity contribution in [1.82, 2.24) is 4.90 Å². The molecule has 6 rings (SSSR count). The lowest BCUT2D eigenvalue weighted by atomic mass is 9.88. The smallest absolute Gasteiger partial charge is 0.416 e. The van der Waals surface area contributed by atoms with Crippen LogP contribution in [0.5, 0.6) is 11.5 Å². The summed E-state index contributed by atoms with van der Waals surface area (Å²) in [6.07, 6.45) is 0.190. The van der Waals surface area contributed by atoms with Crippen LogP contribution >= 0.6 is 0 Å². The largest absolute Gasteiger partial charge is 0.492 e. The molecule has 2 aromatic carbocycles. The van der Waals surface area contributed by atoms with Gasteiger partial charge in [-0.3, -0.25) is 9.69 Å². The lowest BCUT2D eigenvalue weighted by molar-refractivity contribution is -0.139. The van der Waals surface area contributed by atoms with Crippen molar-refractivity contribution in [2.24, 2.45) is 0 Å². The Balaban J connectivity index is 1.21. The van der Waals surface area contributed by atoms with E-state index in [9.17, 15) is 18.0 Å². The van der Waals surface area contributed by atoms with Crippen LogP contribution in [0.25, 0.3) is 0 Å². The number of halogens is 3. The molecule has 1 unspecified atom stereocenters. The summed E-state index contributed by atoms with van der Waals surface area (Å²) in [6, 6.07) is 8.17. The number of carboxylic acid groups (broad SMARTS) is 1. The van der Waals surface area contributed by atoms with Crippen LogP contribution in [0, 0.1) is 0 Å². The lowest BCUT2D eigenvalue weighted by Crippen LogP contribution is -2.43. The molecule has 0 amide bonds. The van der Waals surface area contributed by atoms with E-state index in [1.165, 1.54) is 6.07 Å². The average Bonchev–Trinajstić information content (AvgIpc) is 3.60. The van der Waals surface area contributed by atoms with E-state index in [4.69, 9.17) is 19.3 Å². The molecule has 0 saturated carbocycles. The molecule has 2 aromatic rings. The van der Waals surface area contributed by atoms with Crippen molar-refractivity contribution < 1.29 is 37.3 Å². The van der Waals surface area contributed by atoms with Gasteiger partial charge in [0.05, 0.1) is 24.2 Å². The van der Waals surface area contributed by atoms with Crippen molar-refractivity contribution in [3.8, 4) is 11.5 Å². The first-order valence-electron chi connectivity index (χ1n) is 13.4. The molecule has 204 valence electrons. The van der Waals surface area contributed by atoms with Gasteiger partial charge in [-0.2, -0.15) is 13.2 Å². The molecule has 0 aromatic heterocycles. The molecule has 4 aliphatic rings. The quantitative estimate of drug-likeness (QED) is 0.503. The number of ether oxygens (including phenoxy) is 3. The highest BCUT2D eigenvalue weighted by molar-refractivity contribution is 5.68. The van der Waals surface area contributed by atoms with Gasteiger partial charge in [0.25, 0.3) is 0 Å². The highest BCUT2D eigenvalue weighted by Crippen LogP contribution is 2.45. The zero-order chi connectivity index (χ0) is 26.5. The Bertz CT molecular complexity index is 1210. The minimum Gasteiger partial charge on any atom is -0.492 e. The van der Waals surface area contributed by atoms with Gasteiger partial charge < -0.3 is 19.3 Å². The molecule has 1 aliphatic carbocycles. The summed E-state index contributed by atoms with van der Waals surface area (Å²) in [7, 11) is 0. The Morgan fingerprint density at radius 1 is 1.13 bits per heavy atom. The number of alkyl halides is 3. The Morgan fingerprint density at radius 2 is 1.92 bits per heavy atom. The number of rotatable bonds is 6. The Labute approximate surface area is 219 Å². The molecule has 0 radical (unpaired) electrons. The van der Waals surface area contributed by atoms with Crippen molar-refractivity contribution in [3.63, 3.8) is 0 Å². The van der Waals surface area contributed by atoms with E-state index in [2.05, 4.69) is 4.90 Å². The zero-order valence-corrected chi connectivity index (χ0v) is 21.2. The number of hydrogen-bond donors (Lipinski definition) is 1. The number of fused-ring (bicyclic) bond motifs is 2. The summed E-state index contributed by atoms with van der Waals surface area (Å²) in [5.41, 5.74) is 2.15. The van der Waals surface area contributed by atoms with Gasteiger partial charge >= 0.3 is 12.1 Å². The second-order valence-electron chi connectivity index (χ2n) is 11.0. The van der Waals surface area contributed by atoms with E-state index >= 15 is 0 Å². The molecule has 3 heterocycles. The van der Waals surface area contributed by atoms with E-state index in [-0.39, 0.29) is 30.6 Å². The summed E-state index contributed by atoms with van der Waals surface area (Å²) >= 11 is 0. The topological polar surface area (TPSA) is 68.2 Å².